The highest BCUT2D eigenvalue weighted by Gasteiger charge is 2.37. The number of rotatable bonds is 3. The van der Waals surface area contributed by atoms with Gasteiger partial charge in [0.1, 0.15) is 0 Å². The van der Waals surface area contributed by atoms with E-state index < -0.39 is 11.9 Å². The molecular formula is C17H31N3O3. The number of aliphatic carboxylic acids is 1. The molecule has 0 saturated carbocycles. The van der Waals surface area contributed by atoms with Gasteiger partial charge in [-0.15, -0.1) is 0 Å². The van der Waals surface area contributed by atoms with Gasteiger partial charge in [0.05, 0.1) is 5.92 Å². The Morgan fingerprint density at radius 2 is 2.00 bits per heavy atom. The maximum atomic E-state index is 12.5. The average molecular weight is 325 g/mol. The summed E-state index contributed by atoms with van der Waals surface area (Å²) in [6, 6.07) is 0.190. The highest BCUT2D eigenvalue weighted by Crippen LogP contribution is 2.34. The first-order valence-electron chi connectivity index (χ1n) is 8.66. The number of carboxylic acid groups (broad SMARTS) is 1. The van der Waals surface area contributed by atoms with E-state index in [0.717, 1.165) is 6.54 Å². The number of piperidine rings is 2. The summed E-state index contributed by atoms with van der Waals surface area (Å²) < 4.78 is 0. The molecule has 2 fully saturated rings. The predicted molar refractivity (Wildman–Crippen MR) is 89.3 cm³/mol. The molecule has 23 heavy (non-hydrogen) atoms. The van der Waals surface area contributed by atoms with Gasteiger partial charge >= 0.3 is 12.0 Å². The van der Waals surface area contributed by atoms with Crippen LogP contribution >= 0.6 is 0 Å². The van der Waals surface area contributed by atoms with Gasteiger partial charge in [-0.25, -0.2) is 4.79 Å². The molecule has 0 aromatic heterocycles. The number of carbonyl (C=O) groups is 2. The van der Waals surface area contributed by atoms with Gasteiger partial charge in [-0.3, -0.25) is 4.79 Å². The Balaban J connectivity index is 1.92. The van der Waals surface area contributed by atoms with Crippen LogP contribution in [0.4, 0.5) is 4.79 Å². The molecule has 0 aromatic rings. The van der Waals surface area contributed by atoms with Crippen molar-refractivity contribution in [2.45, 2.75) is 46.1 Å². The smallest absolute Gasteiger partial charge is 0.317 e. The summed E-state index contributed by atoms with van der Waals surface area (Å²) in [6.45, 7) is 9.14. The highest BCUT2D eigenvalue weighted by molar-refractivity contribution is 5.76. The molecule has 2 rings (SSSR count). The van der Waals surface area contributed by atoms with E-state index in [4.69, 9.17) is 0 Å². The van der Waals surface area contributed by atoms with Crippen molar-refractivity contribution in [3.05, 3.63) is 0 Å². The normalized spacial score (nSPS) is 31.7. The number of carboxylic acids is 1. The van der Waals surface area contributed by atoms with E-state index >= 15 is 0 Å². The molecule has 3 unspecified atom stereocenters. The number of likely N-dealkylation sites (N-methyl/N-ethyl adjacent to an activating group) is 1. The third kappa shape index (κ3) is 4.37. The van der Waals surface area contributed by atoms with Crippen molar-refractivity contribution in [3.63, 3.8) is 0 Å². The molecule has 0 radical (unpaired) electrons. The molecule has 132 valence electrons. The Kier molecular flexibility index (Phi) is 5.55. The second-order valence-electron chi connectivity index (χ2n) is 8.06. The summed E-state index contributed by atoms with van der Waals surface area (Å²) in [5.74, 6) is -1.02. The third-order valence-corrected chi connectivity index (χ3v) is 5.51. The van der Waals surface area contributed by atoms with E-state index in [1.807, 2.05) is 6.92 Å². The van der Waals surface area contributed by atoms with Gasteiger partial charge in [0, 0.05) is 25.7 Å². The molecule has 2 amide bonds. The van der Waals surface area contributed by atoms with E-state index in [0.29, 0.717) is 32.1 Å². The molecule has 2 aliphatic rings. The molecular weight excluding hydrogens is 294 g/mol. The van der Waals surface area contributed by atoms with Crippen molar-refractivity contribution >= 4 is 12.0 Å². The molecule has 2 N–H and O–H groups in total. The first-order valence-corrected chi connectivity index (χ1v) is 8.66. The molecule has 3 atom stereocenters. The van der Waals surface area contributed by atoms with Crippen LogP contribution in [-0.4, -0.2) is 66.2 Å². The molecule has 0 spiro atoms. The summed E-state index contributed by atoms with van der Waals surface area (Å²) in [7, 11) is 2.11. The van der Waals surface area contributed by atoms with E-state index in [9.17, 15) is 14.7 Å². The Morgan fingerprint density at radius 3 is 2.61 bits per heavy atom. The van der Waals surface area contributed by atoms with Crippen molar-refractivity contribution in [2.24, 2.45) is 17.3 Å². The summed E-state index contributed by atoms with van der Waals surface area (Å²) in [5.41, 5.74) is 0.180. The minimum Gasteiger partial charge on any atom is -0.481 e. The lowest BCUT2D eigenvalue weighted by atomic mass is 9.76. The van der Waals surface area contributed by atoms with Gasteiger partial charge in [0.15, 0.2) is 0 Å². The largest absolute Gasteiger partial charge is 0.481 e. The Labute approximate surface area is 139 Å². The van der Waals surface area contributed by atoms with Gasteiger partial charge in [0.2, 0.25) is 0 Å². The molecule has 0 bridgehead atoms. The van der Waals surface area contributed by atoms with Crippen LogP contribution in [-0.2, 0) is 4.79 Å². The van der Waals surface area contributed by atoms with E-state index in [2.05, 4.69) is 31.1 Å². The molecule has 6 heteroatoms. The fourth-order valence-electron chi connectivity index (χ4n) is 4.13. The van der Waals surface area contributed by atoms with Crippen molar-refractivity contribution in [3.8, 4) is 0 Å². The van der Waals surface area contributed by atoms with Gasteiger partial charge in [0.25, 0.3) is 0 Å². The summed E-state index contributed by atoms with van der Waals surface area (Å²) in [6.07, 6.45) is 3.01. The van der Waals surface area contributed by atoms with Crippen LogP contribution in [0.3, 0.4) is 0 Å². The fourth-order valence-corrected chi connectivity index (χ4v) is 4.13. The number of nitrogens with one attached hydrogen (secondary N) is 1. The van der Waals surface area contributed by atoms with Crippen molar-refractivity contribution in [2.75, 3.05) is 33.2 Å². The molecule has 2 saturated heterocycles. The molecule has 0 aliphatic carbocycles. The predicted octanol–water partition coefficient (Wildman–Crippen LogP) is 1.86. The van der Waals surface area contributed by atoms with Crippen LogP contribution in [0.1, 0.15) is 40.0 Å². The number of urea groups is 1. The quantitative estimate of drug-likeness (QED) is 0.831. The molecule has 2 heterocycles. The van der Waals surface area contributed by atoms with Crippen LogP contribution in [0.25, 0.3) is 0 Å². The van der Waals surface area contributed by atoms with Crippen LogP contribution in [0.5, 0.6) is 0 Å². The monoisotopic (exact) mass is 325 g/mol. The number of carbonyl (C=O) groups excluding carboxylic acids is 1. The maximum absolute atomic E-state index is 12.5. The Hall–Kier alpha value is -1.30. The first kappa shape index (κ1) is 18.0. The summed E-state index contributed by atoms with van der Waals surface area (Å²) in [5, 5.41) is 12.3. The summed E-state index contributed by atoms with van der Waals surface area (Å²) in [4.78, 5) is 27.7. The first-order chi connectivity index (χ1) is 10.7. The summed E-state index contributed by atoms with van der Waals surface area (Å²) >= 11 is 0. The van der Waals surface area contributed by atoms with Gasteiger partial charge in [-0.1, -0.05) is 20.8 Å². The fraction of sp³-hybridized carbons (Fsp3) is 0.882. The molecule has 0 aromatic carbocycles. The Bertz CT molecular complexity index is 452. The van der Waals surface area contributed by atoms with Gasteiger partial charge < -0.3 is 20.2 Å². The van der Waals surface area contributed by atoms with Gasteiger partial charge in [-0.2, -0.15) is 0 Å². The van der Waals surface area contributed by atoms with Gasteiger partial charge in [-0.05, 0) is 44.2 Å². The minimum absolute atomic E-state index is 0.127. The SMILES string of the molecule is CC1CC(C(=O)O)CN(C(=O)NCC2N(C)CCCC2(C)C)C1. The number of hydrogen-bond acceptors (Lipinski definition) is 3. The molecule has 6 nitrogen and oxygen atoms in total. The zero-order valence-electron chi connectivity index (χ0n) is 14.8. The maximum Gasteiger partial charge on any atom is 0.317 e. The van der Waals surface area contributed by atoms with Crippen molar-refractivity contribution in [1.29, 1.82) is 0 Å². The lowest BCUT2D eigenvalue weighted by Crippen LogP contribution is -2.56. The van der Waals surface area contributed by atoms with Crippen molar-refractivity contribution < 1.29 is 14.7 Å². The Morgan fingerprint density at radius 1 is 1.30 bits per heavy atom. The lowest BCUT2D eigenvalue weighted by Gasteiger charge is -2.45. The van der Waals surface area contributed by atoms with E-state index in [-0.39, 0.29) is 17.4 Å². The average Bonchev–Trinajstić information content (AvgIpc) is 2.45. The zero-order valence-corrected chi connectivity index (χ0v) is 14.8. The minimum atomic E-state index is -0.803. The van der Waals surface area contributed by atoms with E-state index in [1.165, 1.54) is 12.8 Å². The lowest BCUT2D eigenvalue weighted by molar-refractivity contribution is -0.143. The topological polar surface area (TPSA) is 72.9 Å². The standard InChI is InChI=1S/C17H31N3O3/c1-12-8-13(15(21)22)11-20(10-12)16(23)18-9-14-17(2,3)6-5-7-19(14)4/h12-14H,5-11H2,1-4H3,(H,18,23)(H,21,22). The number of hydrogen-bond donors (Lipinski definition) is 2. The third-order valence-electron chi connectivity index (χ3n) is 5.51. The second kappa shape index (κ2) is 7.07. The number of likely N-dealkylation sites (tertiary alicyclic amines) is 2. The van der Waals surface area contributed by atoms with Crippen molar-refractivity contribution in [1.82, 2.24) is 15.1 Å². The van der Waals surface area contributed by atoms with Crippen LogP contribution in [0.15, 0.2) is 0 Å². The second-order valence-corrected chi connectivity index (χ2v) is 8.06. The molecule has 2 aliphatic heterocycles. The number of nitrogens with zero attached hydrogens (tertiary/aromatic N) is 2. The number of amides is 2. The van der Waals surface area contributed by atoms with Crippen LogP contribution in [0.2, 0.25) is 0 Å². The zero-order chi connectivity index (χ0) is 17.2. The van der Waals surface area contributed by atoms with Crippen LogP contribution < -0.4 is 5.32 Å². The van der Waals surface area contributed by atoms with Crippen LogP contribution in [0, 0.1) is 17.3 Å². The highest BCUT2D eigenvalue weighted by atomic mass is 16.4. The van der Waals surface area contributed by atoms with E-state index in [1.54, 1.807) is 4.90 Å².